The number of thioether (sulfide) groups is 2. The molecule has 1 heterocycles. The van der Waals surface area contributed by atoms with E-state index in [0.717, 1.165) is 15.8 Å². The predicted octanol–water partition coefficient (Wildman–Crippen LogP) is 2.37. The Kier molecular flexibility index (Phi) is 6.28. The fourth-order valence-electron chi connectivity index (χ4n) is 0.597. The number of aromatic nitrogens is 2. The first-order valence-corrected chi connectivity index (χ1v) is 7.19. The summed E-state index contributed by atoms with van der Waals surface area (Å²) >= 11 is 14.7. The van der Waals surface area contributed by atoms with E-state index in [-0.39, 0.29) is 5.28 Å². The smallest absolute Gasteiger partial charge is 0.235 e. The molecule has 1 rings (SSSR count). The maximum atomic E-state index is 8.28. The summed E-state index contributed by atoms with van der Waals surface area (Å²) in [5.74, 6) is 1.67. The number of rotatable bonds is 4. The molecule has 15 heavy (non-hydrogen) atoms. The minimum atomic E-state index is 0.289. The van der Waals surface area contributed by atoms with Crippen molar-refractivity contribution < 1.29 is 0 Å². The predicted molar refractivity (Wildman–Crippen MR) is 69.4 cm³/mol. The molecule has 1 aromatic heterocycles. The van der Waals surface area contributed by atoms with Crippen LogP contribution < -0.4 is 5.32 Å². The summed E-state index contributed by atoms with van der Waals surface area (Å²) in [6, 6.07) is 0. The van der Waals surface area contributed by atoms with Crippen molar-refractivity contribution in [3.8, 4) is 6.19 Å². The molecule has 0 aliphatic carbocycles. The van der Waals surface area contributed by atoms with Crippen molar-refractivity contribution >= 4 is 63.2 Å². The van der Waals surface area contributed by atoms with E-state index in [2.05, 4.69) is 14.7 Å². The van der Waals surface area contributed by atoms with Gasteiger partial charge in [0.05, 0.1) is 0 Å². The average molecular weight is 297 g/mol. The molecule has 0 saturated heterocycles. The molecular weight excluding hydrogens is 292 g/mol. The molecule has 0 aliphatic heterocycles. The number of thiocarbonyl (C=S) groups is 1. The fraction of sp³-hybridized carbons (Fsp3) is 0.333. The quantitative estimate of drug-likeness (QED) is 0.301. The van der Waals surface area contributed by atoms with Crippen LogP contribution in [0.4, 0.5) is 0 Å². The minimum absolute atomic E-state index is 0.289. The van der Waals surface area contributed by atoms with Gasteiger partial charge in [0.15, 0.2) is 10.5 Å². The first-order valence-electron chi connectivity index (χ1n) is 3.66. The summed E-state index contributed by atoms with van der Waals surface area (Å²) < 4.78 is 5.19. The molecule has 1 N–H and O–H groups in total. The van der Waals surface area contributed by atoms with Gasteiger partial charge < -0.3 is 0 Å². The largest absolute Gasteiger partial charge is 0.278 e. The van der Waals surface area contributed by atoms with Crippen LogP contribution in [0.5, 0.6) is 0 Å². The normalized spacial score (nSPS) is 9.60. The molecule has 0 saturated carbocycles. The highest BCUT2D eigenvalue weighted by molar-refractivity contribution is 8.23. The van der Waals surface area contributed by atoms with Crippen molar-refractivity contribution in [2.24, 2.45) is 0 Å². The molecule has 0 amide bonds. The average Bonchev–Trinajstić information content (AvgIpc) is 2.60. The molecule has 9 heteroatoms. The van der Waals surface area contributed by atoms with Crippen LogP contribution in [0.2, 0.25) is 5.28 Å². The van der Waals surface area contributed by atoms with Crippen LogP contribution in [0.15, 0.2) is 4.34 Å². The second-order valence-electron chi connectivity index (χ2n) is 2.05. The highest BCUT2D eigenvalue weighted by Crippen LogP contribution is 2.22. The van der Waals surface area contributed by atoms with Crippen molar-refractivity contribution in [1.29, 1.82) is 5.26 Å². The molecule has 1 aromatic rings. The monoisotopic (exact) mass is 296 g/mol. The van der Waals surface area contributed by atoms with Crippen LogP contribution in [0.3, 0.4) is 0 Å². The highest BCUT2D eigenvalue weighted by atomic mass is 35.5. The van der Waals surface area contributed by atoms with E-state index in [1.165, 1.54) is 23.3 Å². The van der Waals surface area contributed by atoms with Gasteiger partial charge in [-0.2, -0.15) is 14.6 Å². The number of hydrogen-bond acceptors (Lipinski definition) is 7. The van der Waals surface area contributed by atoms with Crippen LogP contribution in [0.25, 0.3) is 0 Å². The Morgan fingerprint density at radius 1 is 1.67 bits per heavy atom. The van der Waals surface area contributed by atoms with Gasteiger partial charge >= 0.3 is 0 Å². The lowest BCUT2D eigenvalue weighted by molar-refractivity contribution is 1.21. The van der Waals surface area contributed by atoms with Crippen molar-refractivity contribution in [3.63, 3.8) is 0 Å². The third-order valence-corrected chi connectivity index (χ3v) is 4.67. The van der Waals surface area contributed by atoms with E-state index < -0.39 is 0 Å². The van der Waals surface area contributed by atoms with Gasteiger partial charge in [-0.1, -0.05) is 35.7 Å². The van der Waals surface area contributed by atoms with Gasteiger partial charge in [0.1, 0.15) is 4.32 Å². The molecule has 0 radical (unpaired) electrons. The maximum absolute atomic E-state index is 8.28. The topological polar surface area (TPSA) is 61.6 Å². The summed E-state index contributed by atoms with van der Waals surface area (Å²) in [5.41, 5.74) is 0. The van der Waals surface area contributed by atoms with Gasteiger partial charge in [0.2, 0.25) is 5.28 Å². The van der Waals surface area contributed by atoms with Gasteiger partial charge in [-0.05, 0) is 23.1 Å². The zero-order valence-corrected chi connectivity index (χ0v) is 11.3. The molecule has 4 nitrogen and oxygen atoms in total. The fourth-order valence-corrected chi connectivity index (χ4v) is 3.37. The van der Waals surface area contributed by atoms with E-state index in [9.17, 15) is 0 Å². The molecule has 0 spiro atoms. The second kappa shape index (κ2) is 7.24. The van der Waals surface area contributed by atoms with Gasteiger partial charge in [0, 0.05) is 11.5 Å². The summed E-state index contributed by atoms with van der Waals surface area (Å²) in [6.07, 6.45) is 1.77. The Labute approximate surface area is 110 Å². The Morgan fingerprint density at radius 2 is 2.47 bits per heavy atom. The maximum Gasteiger partial charge on any atom is 0.235 e. The second-order valence-corrected chi connectivity index (χ2v) is 6.25. The summed E-state index contributed by atoms with van der Waals surface area (Å²) in [6.45, 7) is 0. The van der Waals surface area contributed by atoms with E-state index in [1.54, 1.807) is 18.0 Å². The number of halogens is 1. The van der Waals surface area contributed by atoms with E-state index in [4.69, 9.17) is 29.1 Å². The van der Waals surface area contributed by atoms with Crippen molar-refractivity contribution in [3.05, 3.63) is 5.28 Å². The molecule has 0 bridgehead atoms. The third kappa shape index (κ3) is 5.53. The van der Waals surface area contributed by atoms with E-state index >= 15 is 0 Å². The molecule has 80 valence electrons. The summed E-state index contributed by atoms with van der Waals surface area (Å²) in [7, 11) is 0. The van der Waals surface area contributed by atoms with Crippen LogP contribution in [0, 0.1) is 11.5 Å². The minimum Gasteiger partial charge on any atom is -0.278 e. The number of nitriles is 1. The number of hydrogen-bond donors (Lipinski definition) is 1. The first kappa shape index (κ1) is 13.0. The zero-order valence-electron chi connectivity index (χ0n) is 7.27. The van der Waals surface area contributed by atoms with Crippen LogP contribution in [0.1, 0.15) is 0 Å². The van der Waals surface area contributed by atoms with Crippen molar-refractivity contribution in [1.82, 2.24) is 14.7 Å². The third-order valence-electron chi connectivity index (χ3n) is 1.08. The summed E-state index contributed by atoms with van der Waals surface area (Å²) in [5, 5.41) is 11.0. The van der Waals surface area contributed by atoms with Crippen molar-refractivity contribution in [2.45, 2.75) is 4.34 Å². The SMILES string of the molecule is N#CNC(=S)SCCSc1nc(Cl)ns1. The lowest BCUT2D eigenvalue weighted by Gasteiger charge is -1.98. The summed E-state index contributed by atoms with van der Waals surface area (Å²) in [4.78, 5) is 3.99. The molecular formula is C6H5ClN4S4. The standard InChI is InChI=1S/C6H5ClN4S4/c7-4-10-6(15-11-4)14-2-1-13-5(12)9-3-8/h1-2H2,(H,9,12). The van der Waals surface area contributed by atoms with Crippen LogP contribution in [-0.2, 0) is 0 Å². The van der Waals surface area contributed by atoms with Crippen LogP contribution in [-0.4, -0.2) is 25.2 Å². The Bertz CT molecular complexity index is 373. The molecule has 0 aliphatic rings. The molecule has 0 atom stereocenters. The highest BCUT2D eigenvalue weighted by Gasteiger charge is 2.02. The van der Waals surface area contributed by atoms with Gasteiger partial charge in [-0.3, -0.25) is 5.32 Å². The lowest BCUT2D eigenvalue weighted by atomic mass is 11.0. The Morgan fingerprint density at radius 3 is 3.07 bits per heavy atom. The molecule has 0 unspecified atom stereocenters. The number of nitrogens with zero attached hydrogens (tertiary/aromatic N) is 3. The Hall–Kier alpha value is -0.0700. The Balaban J connectivity index is 2.12. The van der Waals surface area contributed by atoms with E-state index in [1.807, 2.05) is 0 Å². The number of nitrogens with one attached hydrogen (secondary N) is 1. The van der Waals surface area contributed by atoms with Gasteiger partial charge in [-0.15, -0.1) is 0 Å². The first-order chi connectivity index (χ1) is 7.22. The zero-order chi connectivity index (χ0) is 11.1. The van der Waals surface area contributed by atoms with E-state index in [0.29, 0.717) is 4.32 Å². The molecule has 0 fully saturated rings. The van der Waals surface area contributed by atoms with Crippen molar-refractivity contribution in [2.75, 3.05) is 11.5 Å². The van der Waals surface area contributed by atoms with Crippen LogP contribution >= 0.6 is 58.9 Å². The lowest BCUT2D eigenvalue weighted by Crippen LogP contribution is -2.11. The van der Waals surface area contributed by atoms with Gasteiger partial charge in [-0.25, -0.2) is 0 Å². The molecule has 0 aromatic carbocycles. The van der Waals surface area contributed by atoms with Gasteiger partial charge in [0.25, 0.3) is 0 Å².